The average Bonchev–Trinajstić information content (AvgIpc) is 3.03. The van der Waals surface area contributed by atoms with Gasteiger partial charge in [0, 0.05) is 16.2 Å². The average molecular weight is 376 g/mol. The van der Waals surface area contributed by atoms with Crippen LogP contribution < -0.4 is 10.1 Å². The summed E-state index contributed by atoms with van der Waals surface area (Å²) in [5.41, 5.74) is 1.68. The van der Waals surface area contributed by atoms with Gasteiger partial charge in [-0.2, -0.15) is 5.10 Å². The summed E-state index contributed by atoms with van der Waals surface area (Å²) >= 11 is 11.7. The van der Waals surface area contributed by atoms with E-state index in [2.05, 4.69) is 10.4 Å². The van der Waals surface area contributed by atoms with Crippen molar-refractivity contribution in [3.63, 3.8) is 0 Å². The number of nitrogens with one attached hydrogen (secondary N) is 1. The van der Waals surface area contributed by atoms with Crippen LogP contribution in [0.1, 0.15) is 5.56 Å². The van der Waals surface area contributed by atoms with E-state index in [9.17, 15) is 4.79 Å². The number of hydrogen-bond donors (Lipinski definition) is 1. The molecule has 5 nitrogen and oxygen atoms in total. The van der Waals surface area contributed by atoms with Gasteiger partial charge in [-0.3, -0.25) is 9.48 Å². The lowest BCUT2D eigenvalue weighted by Crippen LogP contribution is -2.19. The molecule has 128 valence electrons. The molecular formula is C18H15Cl2N3O2. The van der Waals surface area contributed by atoms with E-state index < -0.39 is 0 Å². The molecule has 3 aromatic rings. The number of nitrogens with zero attached hydrogens (tertiary/aromatic N) is 2. The molecule has 0 unspecified atom stereocenters. The lowest BCUT2D eigenvalue weighted by molar-refractivity contribution is -0.118. The van der Waals surface area contributed by atoms with E-state index in [1.165, 1.54) is 0 Å². The number of ether oxygens (including phenoxy) is 1. The number of halogens is 2. The summed E-state index contributed by atoms with van der Waals surface area (Å²) in [5.74, 6) is 0.318. The van der Waals surface area contributed by atoms with Gasteiger partial charge in [-0.15, -0.1) is 0 Å². The minimum Gasteiger partial charge on any atom is -0.484 e. The topological polar surface area (TPSA) is 56.1 Å². The van der Waals surface area contributed by atoms with Crippen molar-refractivity contribution < 1.29 is 9.53 Å². The molecule has 1 aromatic heterocycles. The van der Waals surface area contributed by atoms with Crippen LogP contribution in [-0.2, 0) is 11.3 Å². The van der Waals surface area contributed by atoms with Crippen LogP contribution >= 0.6 is 23.2 Å². The molecule has 2 aromatic carbocycles. The third-order valence-corrected chi connectivity index (χ3v) is 3.86. The van der Waals surface area contributed by atoms with Gasteiger partial charge in [-0.25, -0.2) is 0 Å². The van der Waals surface area contributed by atoms with Gasteiger partial charge in [-0.05, 0) is 42.0 Å². The van der Waals surface area contributed by atoms with Gasteiger partial charge in [0.25, 0.3) is 5.91 Å². The molecule has 0 saturated carbocycles. The zero-order valence-corrected chi connectivity index (χ0v) is 14.7. The summed E-state index contributed by atoms with van der Waals surface area (Å²) in [6, 6.07) is 14.4. The molecule has 0 aliphatic heterocycles. The Morgan fingerprint density at radius 2 is 1.68 bits per heavy atom. The van der Waals surface area contributed by atoms with Crippen molar-refractivity contribution >= 4 is 34.8 Å². The molecule has 0 aliphatic rings. The highest BCUT2D eigenvalue weighted by molar-refractivity contribution is 6.30. The van der Waals surface area contributed by atoms with Crippen molar-refractivity contribution in [2.75, 3.05) is 11.9 Å². The Morgan fingerprint density at radius 3 is 2.36 bits per heavy atom. The highest BCUT2D eigenvalue weighted by Crippen LogP contribution is 2.16. The van der Waals surface area contributed by atoms with Gasteiger partial charge < -0.3 is 10.1 Å². The Bertz CT molecular complexity index is 846. The molecule has 25 heavy (non-hydrogen) atoms. The number of benzene rings is 2. The molecule has 0 spiro atoms. The van der Waals surface area contributed by atoms with E-state index >= 15 is 0 Å². The van der Waals surface area contributed by atoms with Crippen molar-refractivity contribution in [2.24, 2.45) is 0 Å². The number of carbonyl (C=O) groups excluding carboxylic acids is 1. The second kappa shape index (κ2) is 8.05. The third-order valence-electron chi connectivity index (χ3n) is 3.36. The Kier molecular flexibility index (Phi) is 5.58. The maximum atomic E-state index is 11.9. The van der Waals surface area contributed by atoms with Gasteiger partial charge in [0.1, 0.15) is 5.75 Å². The van der Waals surface area contributed by atoms with Gasteiger partial charge in [0.2, 0.25) is 0 Å². The summed E-state index contributed by atoms with van der Waals surface area (Å²) in [6.45, 7) is 0.498. The molecule has 0 radical (unpaired) electrons. The van der Waals surface area contributed by atoms with Crippen LogP contribution in [-0.4, -0.2) is 22.3 Å². The minimum atomic E-state index is -0.263. The van der Waals surface area contributed by atoms with Crippen molar-refractivity contribution in [3.8, 4) is 5.75 Å². The number of carbonyl (C=O) groups is 1. The molecule has 0 saturated heterocycles. The van der Waals surface area contributed by atoms with E-state index in [1.54, 1.807) is 41.3 Å². The molecule has 1 heterocycles. The normalized spacial score (nSPS) is 10.5. The van der Waals surface area contributed by atoms with E-state index in [0.717, 1.165) is 5.56 Å². The van der Waals surface area contributed by atoms with Crippen molar-refractivity contribution in [2.45, 2.75) is 6.54 Å². The monoisotopic (exact) mass is 375 g/mol. The third kappa shape index (κ3) is 5.24. The van der Waals surface area contributed by atoms with Gasteiger partial charge in [-0.1, -0.05) is 35.3 Å². The summed E-state index contributed by atoms with van der Waals surface area (Å²) in [5, 5.41) is 8.28. The first-order chi connectivity index (χ1) is 12.1. The van der Waals surface area contributed by atoms with Crippen molar-refractivity contribution in [3.05, 3.63) is 76.5 Å². The lowest BCUT2D eigenvalue weighted by atomic mass is 10.2. The maximum absolute atomic E-state index is 11.9. The SMILES string of the molecule is O=C(COc1ccc(Cl)cc1)Nc1cnn(Cc2ccc(Cl)cc2)c1. The van der Waals surface area contributed by atoms with Crippen LogP contribution in [0.2, 0.25) is 10.0 Å². The maximum Gasteiger partial charge on any atom is 0.262 e. The predicted molar refractivity (Wildman–Crippen MR) is 98.4 cm³/mol. The van der Waals surface area contributed by atoms with E-state index in [0.29, 0.717) is 28.0 Å². The number of amides is 1. The largest absolute Gasteiger partial charge is 0.484 e. The van der Waals surface area contributed by atoms with Crippen LogP contribution in [0.15, 0.2) is 60.9 Å². The fraction of sp³-hybridized carbons (Fsp3) is 0.111. The first-order valence-electron chi connectivity index (χ1n) is 7.53. The summed E-state index contributed by atoms with van der Waals surface area (Å²) < 4.78 is 7.13. The Hall–Kier alpha value is -2.50. The first kappa shape index (κ1) is 17.3. The molecule has 1 amide bonds. The molecule has 0 fully saturated rings. The summed E-state index contributed by atoms with van der Waals surface area (Å²) in [4.78, 5) is 11.9. The second-order valence-corrected chi connectivity index (χ2v) is 6.22. The minimum absolute atomic E-state index is 0.0933. The second-order valence-electron chi connectivity index (χ2n) is 5.34. The van der Waals surface area contributed by atoms with Crippen LogP contribution in [0.5, 0.6) is 5.75 Å². The molecule has 3 rings (SSSR count). The Balaban J connectivity index is 1.51. The quantitative estimate of drug-likeness (QED) is 0.700. The Labute approximate surface area is 155 Å². The molecule has 0 bridgehead atoms. The fourth-order valence-corrected chi connectivity index (χ4v) is 2.42. The zero-order valence-electron chi connectivity index (χ0n) is 13.2. The summed E-state index contributed by atoms with van der Waals surface area (Å²) in [6.07, 6.45) is 3.35. The zero-order chi connectivity index (χ0) is 17.6. The van der Waals surface area contributed by atoms with Crippen LogP contribution in [0.4, 0.5) is 5.69 Å². The first-order valence-corrected chi connectivity index (χ1v) is 8.29. The van der Waals surface area contributed by atoms with E-state index in [4.69, 9.17) is 27.9 Å². The molecular weight excluding hydrogens is 361 g/mol. The molecule has 7 heteroatoms. The van der Waals surface area contributed by atoms with E-state index in [1.807, 2.05) is 24.3 Å². The predicted octanol–water partition coefficient (Wildman–Crippen LogP) is 4.26. The lowest BCUT2D eigenvalue weighted by Gasteiger charge is -2.06. The van der Waals surface area contributed by atoms with Crippen LogP contribution in [0, 0.1) is 0 Å². The fourth-order valence-electron chi connectivity index (χ4n) is 2.17. The van der Waals surface area contributed by atoms with Crippen molar-refractivity contribution in [1.29, 1.82) is 0 Å². The van der Waals surface area contributed by atoms with Crippen LogP contribution in [0.3, 0.4) is 0 Å². The van der Waals surface area contributed by atoms with Gasteiger partial charge in [0.05, 0.1) is 18.4 Å². The van der Waals surface area contributed by atoms with Gasteiger partial charge >= 0.3 is 0 Å². The smallest absolute Gasteiger partial charge is 0.262 e. The number of aromatic nitrogens is 2. The molecule has 0 aliphatic carbocycles. The van der Waals surface area contributed by atoms with Gasteiger partial charge in [0.15, 0.2) is 6.61 Å². The number of anilines is 1. The molecule has 0 atom stereocenters. The highest BCUT2D eigenvalue weighted by atomic mass is 35.5. The van der Waals surface area contributed by atoms with Crippen LogP contribution in [0.25, 0.3) is 0 Å². The van der Waals surface area contributed by atoms with Crippen molar-refractivity contribution in [1.82, 2.24) is 9.78 Å². The standard InChI is InChI=1S/C18H15Cl2N3O2/c19-14-3-1-13(2-4-14)10-23-11-16(9-21-23)22-18(24)12-25-17-7-5-15(20)6-8-17/h1-9,11H,10,12H2,(H,22,24). The van der Waals surface area contributed by atoms with E-state index in [-0.39, 0.29) is 12.5 Å². The number of hydrogen-bond acceptors (Lipinski definition) is 3. The highest BCUT2D eigenvalue weighted by Gasteiger charge is 2.06. The number of rotatable bonds is 6. The Morgan fingerprint density at radius 1 is 1.04 bits per heavy atom. The summed E-state index contributed by atoms with van der Waals surface area (Å²) in [7, 11) is 0. The molecule has 1 N–H and O–H groups in total.